The summed E-state index contributed by atoms with van der Waals surface area (Å²) >= 11 is 0. The number of hydrogen-bond acceptors (Lipinski definition) is 4. The van der Waals surface area contributed by atoms with Gasteiger partial charge in [-0.15, -0.1) is 10.2 Å². The third-order valence-corrected chi connectivity index (χ3v) is 4.19. The summed E-state index contributed by atoms with van der Waals surface area (Å²) in [4.78, 5) is 6.51. The van der Waals surface area contributed by atoms with Crippen molar-refractivity contribution in [1.82, 2.24) is 25.0 Å². The van der Waals surface area contributed by atoms with Gasteiger partial charge in [-0.2, -0.15) is 0 Å². The fraction of sp³-hybridized carbons (Fsp3) is 0.471. The van der Waals surface area contributed by atoms with Gasteiger partial charge in [0.15, 0.2) is 11.8 Å². The number of aliphatic imine (C=N–C) groups is 1. The van der Waals surface area contributed by atoms with Gasteiger partial charge in [-0.3, -0.25) is 9.56 Å². The summed E-state index contributed by atoms with van der Waals surface area (Å²) in [7, 11) is 3.85. The summed E-state index contributed by atoms with van der Waals surface area (Å²) in [5.74, 6) is 2.27. The first kappa shape index (κ1) is 16.4. The zero-order valence-electron chi connectivity index (χ0n) is 14.2. The Labute approximate surface area is 142 Å². The van der Waals surface area contributed by atoms with Crippen LogP contribution in [0.2, 0.25) is 0 Å². The van der Waals surface area contributed by atoms with Crippen molar-refractivity contribution >= 4 is 5.96 Å². The van der Waals surface area contributed by atoms with Gasteiger partial charge in [0.05, 0.1) is 13.2 Å². The van der Waals surface area contributed by atoms with Crippen LogP contribution in [-0.2, 0) is 11.3 Å². The molecule has 0 aliphatic carbocycles. The van der Waals surface area contributed by atoms with Crippen LogP contribution in [0.15, 0.2) is 41.7 Å². The molecule has 2 heterocycles. The number of aromatic nitrogens is 3. The highest BCUT2D eigenvalue weighted by Crippen LogP contribution is 2.13. The molecule has 7 heteroatoms. The molecule has 1 aromatic heterocycles. The van der Waals surface area contributed by atoms with Crippen LogP contribution >= 0.6 is 0 Å². The Morgan fingerprint density at radius 3 is 2.96 bits per heavy atom. The van der Waals surface area contributed by atoms with Gasteiger partial charge >= 0.3 is 0 Å². The maximum absolute atomic E-state index is 5.45. The fourth-order valence-electron chi connectivity index (χ4n) is 2.93. The second-order valence-corrected chi connectivity index (χ2v) is 5.96. The fourth-order valence-corrected chi connectivity index (χ4v) is 2.93. The largest absolute Gasteiger partial charge is 0.381 e. The normalized spacial score (nSPS) is 17.9. The average Bonchev–Trinajstić information content (AvgIpc) is 3.28. The lowest BCUT2D eigenvalue weighted by molar-refractivity contribution is 0.181. The van der Waals surface area contributed by atoms with Gasteiger partial charge in [0.25, 0.3) is 0 Å². The lowest BCUT2D eigenvalue weighted by Gasteiger charge is -2.24. The smallest absolute Gasteiger partial charge is 0.193 e. The van der Waals surface area contributed by atoms with Crippen molar-refractivity contribution in [2.45, 2.75) is 13.0 Å². The third-order valence-electron chi connectivity index (χ3n) is 4.19. The van der Waals surface area contributed by atoms with Gasteiger partial charge in [-0.1, -0.05) is 18.2 Å². The van der Waals surface area contributed by atoms with Crippen molar-refractivity contribution in [1.29, 1.82) is 0 Å². The molecule has 128 valence electrons. The Morgan fingerprint density at radius 1 is 1.42 bits per heavy atom. The van der Waals surface area contributed by atoms with Crippen LogP contribution in [-0.4, -0.2) is 59.5 Å². The SMILES string of the molecule is CN=C(NCc1nncn1-c1ccccc1)N(C)CC1CCOC1. The van der Waals surface area contributed by atoms with Crippen molar-refractivity contribution in [2.24, 2.45) is 10.9 Å². The van der Waals surface area contributed by atoms with E-state index in [0.717, 1.165) is 43.7 Å². The maximum Gasteiger partial charge on any atom is 0.193 e. The number of nitrogens with zero attached hydrogens (tertiary/aromatic N) is 5. The van der Waals surface area contributed by atoms with E-state index in [1.807, 2.05) is 34.9 Å². The maximum atomic E-state index is 5.45. The van der Waals surface area contributed by atoms with Crippen LogP contribution in [0.25, 0.3) is 5.69 Å². The van der Waals surface area contributed by atoms with Crippen molar-refractivity contribution < 1.29 is 4.74 Å². The van der Waals surface area contributed by atoms with Gasteiger partial charge in [-0.05, 0) is 18.6 Å². The first-order valence-corrected chi connectivity index (χ1v) is 8.21. The Morgan fingerprint density at radius 2 is 2.25 bits per heavy atom. The van der Waals surface area contributed by atoms with E-state index in [1.54, 1.807) is 13.4 Å². The van der Waals surface area contributed by atoms with E-state index in [4.69, 9.17) is 4.74 Å². The second-order valence-electron chi connectivity index (χ2n) is 5.96. The van der Waals surface area contributed by atoms with Crippen LogP contribution in [0.1, 0.15) is 12.2 Å². The number of hydrogen-bond donors (Lipinski definition) is 1. The molecule has 0 radical (unpaired) electrons. The summed E-state index contributed by atoms with van der Waals surface area (Å²) in [6.45, 7) is 3.20. The summed E-state index contributed by atoms with van der Waals surface area (Å²) in [5.41, 5.74) is 1.05. The van der Waals surface area contributed by atoms with Gasteiger partial charge < -0.3 is 15.0 Å². The Bertz CT molecular complexity index is 663. The molecule has 0 saturated carbocycles. The lowest BCUT2D eigenvalue weighted by atomic mass is 10.1. The van der Waals surface area contributed by atoms with E-state index in [9.17, 15) is 0 Å². The average molecular weight is 328 g/mol. The molecule has 1 aliphatic heterocycles. The molecule has 1 aliphatic rings. The third kappa shape index (κ3) is 3.91. The van der Waals surface area contributed by atoms with E-state index in [-0.39, 0.29) is 0 Å². The van der Waals surface area contributed by atoms with Crippen LogP contribution in [0.4, 0.5) is 0 Å². The van der Waals surface area contributed by atoms with Gasteiger partial charge in [0, 0.05) is 38.9 Å². The molecule has 0 bridgehead atoms. The van der Waals surface area contributed by atoms with Crippen LogP contribution in [0.3, 0.4) is 0 Å². The molecule has 1 atom stereocenters. The Balaban J connectivity index is 1.61. The van der Waals surface area contributed by atoms with Crippen LogP contribution in [0, 0.1) is 5.92 Å². The topological polar surface area (TPSA) is 67.6 Å². The molecule has 0 amide bonds. The summed E-state index contributed by atoms with van der Waals surface area (Å²) in [6, 6.07) is 10.1. The molecule has 2 aromatic rings. The second kappa shape index (κ2) is 7.92. The number of para-hydroxylation sites is 1. The van der Waals surface area contributed by atoms with Crippen molar-refractivity contribution in [3.05, 3.63) is 42.5 Å². The molecule has 3 rings (SSSR count). The number of nitrogens with one attached hydrogen (secondary N) is 1. The van der Waals surface area contributed by atoms with Crippen molar-refractivity contribution in [2.75, 3.05) is 33.9 Å². The van der Waals surface area contributed by atoms with Crippen LogP contribution in [0.5, 0.6) is 0 Å². The lowest BCUT2D eigenvalue weighted by Crippen LogP contribution is -2.41. The van der Waals surface area contributed by atoms with E-state index in [1.165, 1.54) is 0 Å². The highest BCUT2D eigenvalue weighted by molar-refractivity contribution is 5.79. The van der Waals surface area contributed by atoms with Crippen molar-refractivity contribution in [3.63, 3.8) is 0 Å². The summed E-state index contributed by atoms with van der Waals surface area (Å²) in [5, 5.41) is 11.6. The zero-order chi connectivity index (χ0) is 16.8. The van der Waals surface area contributed by atoms with E-state index in [0.29, 0.717) is 12.5 Å². The summed E-state index contributed by atoms with van der Waals surface area (Å²) in [6.07, 6.45) is 2.85. The van der Waals surface area contributed by atoms with Gasteiger partial charge in [0.1, 0.15) is 6.33 Å². The molecule has 1 fully saturated rings. The first-order valence-electron chi connectivity index (χ1n) is 8.21. The number of rotatable bonds is 5. The van der Waals surface area contributed by atoms with Crippen molar-refractivity contribution in [3.8, 4) is 5.69 Å². The first-order chi connectivity index (χ1) is 11.8. The van der Waals surface area contributed by atoms with Crippen LogP contribution < -0.4 is 5.32 Å². The van der Waals surface area contributed by atoms with Gasteiger partial charge in [0.2, 0.25) is 0 Å². The molecule has 1 saturated heterocycles. The van der Waals surface area contributed by atoms with Gasteiger partial charge in [-0.25, -0.2) is 0 Å². The highest BCUT2D eigenvalue weighted by atomic mass is 16.5. The summed E-state index contributed by atoms with van der Waals surface area (Å²) < 4.78 is 7.42. The molecule has 7 nitrogen and oxygen atoms in total. The van der Waals surface area contributed by atoms with E-state index < -0.39 is 0 Å². The number of ether oxygens (including phenoxy) is 1. The highest BCUT2D eigenvalue weighted by Gasteiger charge is 2.19. The quantitative estimate of drug-likeness (QED) is 0.662. The predicted octanol–water partition coefficient (Wildman–Crippen LogP) is 1.31. The molecule has 1 unspecified atom stereocenters. The monoisotopic (exact) mass is 328 g/mol. The Kier molecular flexibility index (Phi) is 5.43. The van der Waals surface area contributed by atoms with E-state index in [2.05, 4.69) is 32.5 Å². The predicted molar refractivity (Wildman–Crippen MR) is 93.1 cm³/mol. The minimum atomic E-state index is 0.563. The number of benzene rings is 1. The molecule has 1 aromatic carbocycles. The molecule has 0 spiro atoms. The molecule has 1 N–H and O–H groups in total. The molecular formula is C17H24N6O. The molecule has 24 heavy (non-hydrogen) atoms. The number of guanidine groups is 1. The minimum absolute atomic E-state index is 0.563. The zero-order valence-corrected chi connectivity index (χ0v) is 14.2. The van der Waals surface area contributed by atoms with E-state index >= 15 is 0 Å². The Hall–Kier alpha value is -2.41. The minimum Gasteiger partial charge on any atom is -0.381 e. The molecular weight excluding hydrogens is 304 g/mol. The standard InChI is InChI=1S/C17H24N6O/c1-18-17(22(2)11-14-8-9-24-12-14)19-10-16-21-20-13-23(16)15-6-4-3-5-7-15/h3-7,13-14H,8-12H2,1-2H3,(H,18,19).